The molecule has 0 saturated carbocycles. The van der Waals surface area contributed by atoms with E-state index < -0.39 is 0 Å². The van der Waals surface area contributed by atoms with E-state index in [2.05, 4.69) is 24.1 Å². The lowest BCUT2D eigenvalue weighted by Gasteiger charge is -2.22. The van der Waals surface area contributed by atoms with Crippen molar-refractivity contribution in [2.75, 3.05) is 31.5 Å². The number of anilines is 1. The highest BCUT2D eigenvalue weighted by atomic mass is 32.1. The van der Waals surface area contributed by atoms with Gasteiger partial charge in [0.05, 0.1) is 5.69 Å². The average Bonchev–Trinajstić information content (AvgIpc) is 2.41. The molecule has 3 nitrogen and oxygen atoms in total. The first-order valence-corrected chi connectivity index (χ1v) is 8.23. The Labute approximate surface area is 128 Å². The molecule has 0 aliphatic rings. The minimum Gasteiger partial charge on any atom is -0.383 e. The van der Waals surface area contributed by atoms with Gasteiger partial charge in [0.25, 0.3) is 0 Å². The van der Waals surface area contributed by atoms with E-state index in [9.17, 15) is 4.79 Å². The van der Waals surface area contributed by atoms with Gasteiger partial charge in [-0.2, -0.15) is 0 Å². The topological polar surface area (TPSA) is 32.3 Å². The van der Waals surface area contributed by atoms with Crippen LogP contribution >= 0.6 is 12.2 Å². The lowest BCUT2D eigenvalue weighted by atomic mass is 9.96. The number of nitrogens with one attached hydrogen (secondary N) is 1. The van der Waals surface area contributed by atoms with Gasteiger partial charge in [-0.25, -0.2) is 0 Å². The summed E-state index contributed by atoms with van der Waals surface area (Å²) in [4.78, 5) is 14.2. The third-order valence-electron chi connectivity index (χ3n) is 3.56. The van der Waals surface area contributed by atoms with Gasteiger partial charge in [-0.1, -0.05) is 39.9 Å². The molecule has 0 saturated heterocycles. The van der Waals surface area contributed by atoms with E-state index in [4.69, 9.17) is 12.2 Å². The fourth-order valence-electron chi connectivity index (χ4n) is 2.62. The van der Waals surface area contributed by atoms with Crippen LogP contribution in [0.4, 0.5) is 5.69 Å². The van der Waals surface area contributed by atoms with Crippen molar-refractivity contribution in [3.63, 3.8) is 0 Å². The predicted octanol–water partition coefficient (Wildman–Crippen LogP) is 3.70. The first-order valence-electron chi connectivity index (χ1n) is 7.82. The average molecular weight is 296 g/mol. The zero-order valence-electron chi connectivity index (χ0n) is 13.3. The molecule has 0 fully saturated rings. The molecule has 0 heterocycles. The van der Waals surface area contributed by atoms with Crippen LogP contribution in [0.1, 0.15) is 58.4 Å². The van der Waals surface area contributed by atoms with E-state index >= 15 is 0 Å². The highest BCUT2D eigenvalue weighted by Gasteiger charge is 2.19. The van der Waals surface area contributed by atoms with Crippen molar-refractivity contribution in [1.82, 2.24) is 4.90 Å². The smallest absolute Gasteiger partial charge is 0.204 e. The van der Waals surface area contributed by atoms with Gasteiger partial charge < -0.3 is 10.2 Å². The van der Waals surface area contributed by atoms with Crippen LogP contribution in [0.5, 0.6) is 0 Å². The van der Waals surface area contributed by atoms with Crippen LogP contribution in [0.2, 0.25) is 0 Å². The molecule has 0 spiro atoms. The summed E-state index contributed by atoms with van der Waals surface area (Å²) in [5.74, 6) is 0.258. The Balaban J connectivity index is 2.40. The molecule has 0 aliphatic carbocycles. The molecule has 0 radical (unpaired) electrons. The van der Waals surface area contributed by atoms with Crippen molar-refractivity contribution < 1.29 is 0 Å². The van der Waals surface area contributed by atoms with Crippen LogP contribution in [0.25, 0.3) is 0 Å². The SMILES string of the molecule is CCCN(CCC)CCCNc1c(C(C)C)c(=O)c1=S. The molecule has 4 heteroatoms. The molecule has 1 aromatic carbocycles. The lowest BCUT2D eigenvalue weighted by molar-refractivity contribution is 0.274. The summed E-state index contributed by atoms with van der Waals surface area (Å²) < 4.78 is 0.493. The zero-order chi connectivity index (χ0) is 15.1. The van der Waals surface area contributed by atoms with Crippen molar-refractivity contribution in [3.8, 4) is 0 Å². The largest absolute Gasteiger partial charge is 0.383 e. The Morgan fingerprint density at radius 2 is 1.75 bits per heavy atom. The standard InChI is InChI=1S/C16H28N2OS/c1-5-9-18(10-6-2)11-7-8-17-14-13(12(3)4)15(19)16(14)20/h12,17H,5-11H2,1-4H3. The van der Waals surface area contributed by atoms with E-state index in [1.165, 1.54) is 25.9 Å². The summed E-state index contributed by atoms with van der Waals surface area (Å²) in [5.41, 5.74) is 1.88. The van der Waals surface area contributed by atoms with Gasteiger partial charge in [-0.05, 0) is 44.8 Å². The molecule has 1 N–H and O–H groups in total. The fourth-order valence-corrected chi connectivity index (χ4v) is 2.91. The van der Waals surface area contributed by atoms with Gasteiger partial charge in [-0.3, -0.25) is 4.79 Å². The minimum absolute atomic E-state index is 0.0658. The molecule has 0 aliphatic heterocycles. The van der Waals surface area contributed by atoms with Gasteiger partial charge in [0, 0.05) is 12.1 Å². The van der Waals surface area contributed by atoms with E-state index in [0.717, 1.165) is 30.8 Å². The summed E-state index contributed by atoms with van der Waals surface area (Å²) >= 11 is 5.13. The van der Waals surface area contributed by atoms with Crippen LogP contribution in [-0.2, 0) is 0 Å². The van der Waals surface area contributed by atoms with Gasteiger partial charge in [0.1, 0.15) is 4.51 Å². The second-order valence-corrected chi connectivity index (χ2v) is 6.13. The van der Waals surface area contributed by atoms with E-state index in [0.29, 0.717) is 4.51 Å². The van der Waals surface area contributed by atoms with Crippen LogP contribution in [0, 0.1) is 4.51 Å². The predicted molar refractivity (Wildman–Crippen MR) is 90.1 cm³/mol. The van der Waals surface area contributed by atoms with Crippen molar-refractivity contribution in [2.24, 2.45) is 0 Å². The zero-order valence-corrected chi connectivity index (χ0v) is 14.1. The van der Waals surface area contributed by atoms with Crippen molar-refractivity contribution >= 4 is 17.9 Å². The van der Waals surface area contributed by atoms with Gasteiger partial charge in [0.2, 0.25) is 5.43 Å². The second kappa shape index (κ2) is 8.53. The molecule has 0 amide bonds. The molecular formula is C16H28N2OS. The third-order valence-corrected chi connectivity index (χ3v) is 3.95. The molecule has 0 unspecified atom stereocenters. The third kappa shape index (κ3) is 4.38. The van der Waals surface area contributed by atoms with Gasteiger partial charge >= 0.3 is 0 Å². The first-order chi connectivity index (χ1) is 9.52. The maximum atomic E-state index is 11.7. The minimum atomic E-state index is 0.0658. The number of hydrogen-bond donors (Lipinski definition) is 1. The molecule has 114 valence electrons. The quantitative estimate of drug-likeness (QED) is 0.527. The van der Waals surface area contributed by atoms with Crippen LogP contribution in [-0.4, -0.2) is 31.1 Å². The van der Waals surface area contributed by atoms with E-state index in [1.54, 1.807) is 0 Å². The molecular weight excluding hydrogens is 268 g/mol. The highest BCUT2D eigenvalue weighted by molar-refractivity contribution is 7.71. The molecule has 1 aromatic rings. The van der Waals surface area contributed by atoms with Crippen LogP contribution in [0.15, 0.2) is 4.79 Å². The Bertz CT molecular complexity index is 469. The Hall–Kier alpha value is -0.740. The lowest BCUT2D eigenvalue weighted by Crippen LogP contribution is -2.28. The Morgan fingerprint density at radius 3 is 2.25 bits per heavy atom. The number of hydrogen-bond acceptors (Lipinski definition) is 4. The van der Waals surface area contributed by atoms with E-state index in [1.807, 2.05) is 13.8 Å². The summed E-state index contributed by atoms with van der Waals surface area (Å²) in [5, 5.41) is 3.36. The van der Waals surface area contributed by atoms with Crippen molar-refractivity contribution in [3.05, 3.63) is 20.3 Å². The van der Waals surface area contributed by atoms with Crippen LogP contribution in [0.3, 0.4) is 0 Å². The Morgan fingerprint density at radius 1 is 1.15 bits per heavy atom. The fraction of sp³-hybridized carbons (Fsp3) is 0.750. The molecule has 0 atom stereocenters. The van der Waals surface area contributed by atoms with Crippen LogP contribution < -0.4 is 10.7 Å². The number of rotatable bonds is 10. The van der Waals surface area contributed by atoms with Gasteiger partial charge in [-0.15, -0.1) is 0 Å². The molecule has 0 aromatic heterocycles. The molecule has 20 heavy (non-hydrogen) atoms. The maximum absolute atomic E-state index is 11.7. The number of nitrogens with zero attached hydrogens (tertiary/aromatic N) is 1. The van der Waals surface area contributed by atoms with E-state index in [-0.39, 0.29) is 11.3 Å². The molecule has 0 bridgehead atoms. The summed E-state index contributed by atoms with van der Waals surface area (Å²) in [7, 11) is 0. The van der Waals surface area contributed by atoms with Gasteiger partial charge in [0.15, 0.2) is 0 Å². The Kier molecular flexibility index (Phi) is 7.38. The maximum Gasteiger partial charge on any atom is 0.204 e. The normalized spacial score (nSPS) is 11.7. The highest BCUT2D eigenvalue weighted by Crippen LogP contribution is 2.24. The summed E-state index contributed by atoms with van der Waals surface area (Å²) in [6.07, 6.45) is 3.50. The van der Waals surface area contributed by atoms with Crippen molar-refractivity contribution in [2.45, 2.75) is 52.9 Å². The second-order valence-electron chi connectivity index (χ2n) is 5.72. The molecule has 1 rings (SSSR count). The monoisotopic (exact) mass is 296 g/mol. The summed E-state index contributed by atoms with van der Waals surface area (Å²) in [6.45, 7) is 12.9. The summed E-state index contributed by atoms with van der Waals surface area (Å²) in [6, 6.07) is 0. The first kappa shape index (κ1) is 17.3. The van der Waals surface area contributed by atoms with Crippen molar-refractivity contribution in [1.29, 1.82) is 0 Å².